The summed E-state index contributed by atoms with van der Waals surface area (Å²) in [5.74, 6) is 0. The molecule has 2 rings (SSSR count). The first kappa shape index (κ1) is 5.35. The summed E-state index contributed by atoms with van der Waals surface area (Å²) >= 11 is 0. The van der Waals surface area contributed by atoms with Crippen LogP contribution in [0.15, 0.2) is 36.9 Å². The maximum Gasteiger partial charge on any atom is 0.176 e. The van der Waals surface area contributed by atoms with Gasteiger partial charge in [-0.1, -0.05) is 0 Å². The van der Waals surface area contributed by atoms with Crippen LogP contribution in [0.1, 0.15) is 0 Å². The SMILES string of the molecule is c1cc2cc[nH+]cc2cn1. The molecular weight excluding hydrogens is 124 g/mol. The minimum absolute atomic E-state index is 1.14. The van der Waals surface area contributed by atoms with Gasteiger partial charge >= 0.3 is 0 Å². The summed E-state index contributed by atoms with van der Waals surface area (Å²) < 4.78 is 0. The lowest BCUT2D eigenvalue weighted by molar-refractivity contribution is -0.375. The van der Waals surface area contributed by atoms with Crippen LogP contribution in [0.5, 0.6) is 0 Å². The van der Waals surface area contributed by atoms with Crippen LogP contribution in [0.25, 0.3) is 10.8 Å². The van der Waals surface area contributed by atoms with Crippen molar-refractivity contribution in [3.05, 3.63) is 36.9 Å². The summed E-state index contributed by atoms with van der Waals surface area (Å²) in [4.78, 5) is 6.99. The Morgan fingerprint density at radius 1 is 1.20 bits per heavy atom. The molecule has 0 atom stereocenters. The second-order valence-electron chi connectivity index (χ2n) is 2.15. The molecule has 0 aliphatic carbocycles. The van der Waals surface area contributed by atoms with Crippen molar-refractivity contribution in [1.29, 1.82) is 0 Å². The summed E-state index contributed by atoms with van der Waals surface area (Å²) in [6.07, 6.45) is 7.47. The highest BCUT2D eigenvalue weighted by atomic mass is 14.6. The molecule has 0 bridgehead atoms. The van der Waals surface area contributed by atoms with Gasteiger partial charge in [-0.2, -0.15) is 0 Å². The van der Waals surface area contributed by atoms with Crippen LogP contribution in [-0.4, -0.2) is 4.98 Å². The van der Waals surface area contributed by atoms with E-state index in [0.717, 1.165) is 5.39 Å². The average molecular weight is 131 g/mol. The van der Waals surface area contributed by atoms with Gasteiger partial charge in [-0.25, -0.2) is 4.98 Å². The average Bonchev–Trinajstić information content (AvgIpc) is 2.05. The van der Waals surface area contributed by atoms with E-state index >= 15 is 0 Å². The Morgan fingerprint density at radius 2 is 2.20 bits per heavy atom. The maximum absolute atomic E-state index is 3.99. The first-order chi connectivity index (χ1) is 4.97. The Balaban J connectivity index is 2.89. The third-order valence-electron chi connectivity index (χ3n) is 1.49. The monoisotopic (exact) mass is 131 g/mol. The Bertz CT molecular complexity index is 278. The normalized spacial score (nSPS) is 10.0. The maximum atomic E-state index is 3.99. The van der Waals surface area contributed by atoms with Gasteiger partial charge in [0.1, 0.15) is 0 Å². The molecular formula is C8H7N2+. The zero-order valence-corrected chi connectivity index (χ0v) is 5.41. The van der Waals surface area contributed by atoms with Crippen LogP contribution < -0.4 is 4.98 Å². The van der Waals surface area contributed by atoms with Crippen LogP contribution >= 0.6 is 0 Å². The zero-order valence-electron chi connectivity index (χ0n) is 5.41. The minimum atomic E-state index is 1.14. The number of aromatic amines is 1. The van der Waals surface area contributed by atoms with Crippen molar-refractivity contribution in [3.8, 4) is 0 Å². The number of fused-ring (bicyclic) bond motifs is 1. The highest BCUT2D eigenvalue weighted by Gasteiger charge is 1.91. The Labute approximate surface area is 58.6 Å². The second-order valence-corrected chi connectivity index (χ2v) is 2.15. The van der Waals surface area contributed by atoms with Crippen molar-refractivity contribution < 1.29 is 4.98 Å². The van der Waals surface area contributed by atoms with E-state index in [-0.39, 0.29) is 0 Å². The topological polar surface area (TPSA) is 27.0 Å². The van der Waals surface area contributed by atoms with Crippen LogP contribution in [-0.2, 0) is 0 Å². The number of hydrogen-bond acceptors (Lipinski definition) is 1. The summed E-state index contributed by atoms with van der Waals surface area (Å²) in [5.41, 5.74) is 0. The lowest BCUT2D eigenvalue weighted by Gasteiger charge is -1.87. The summed E-state index contributed by atoms with van der Waals surface area (Å²) in [6, 6.07) is 4.01. The molecule has 0 spiro atoms. The lowest BCUT2D eigenvalue weighted by atomic mass is 10.2. The molecule has 2 aromatic rings. The molecule has 0 saturated heterocycles. The van der Waals surface area contributed by atoms with Crippen molar-refractivity contribution >= 4 is 10.8 Å². The lowest BCUT2D eigenvalue weighted by Crippen LogP contribution is -1.96. The fourth-order valence-electron chi connectivity index (χ4n) is 0.966. The first-order valence-electron chi connectivity index (χ1n) is 3.17. The third kappa shape index (κ3) is 0.739. The van der Waals surface area contributed by atoms with Gasteiger partial charge in [0.15, 0.2) is 12.4 Å². The summed E-state index contributed by atoms with van der Waals surface area (Å²) in [5, 5.41) is 2.36. The molecule has 2 nitrogen and oxygen atoms in total. The largest absolute Gasteiger partial charge is 0.264 e. The van der Waals surface area contributed by atoms with E-state index < -0.39 is 0 Å². The molecule has 0 aliphatic heterocycles. The van der Waals surface area contributed by atoms with Gasteiger partial charge in [-0.3, -0.25) is 4.98 Å². The molecule has 2 aromatic heterocycles. The van der Waals surface area contributed by atoms with Gasteiger partial charge in [0, 0.05) is 18.5 Å². The summed E-state index contributed by atoms with van der Waals surface area (Å²) in [6.45, 7) is 0. The highest BCUT2D eigenvalue weighted by molar-refractivity contribution is 5.79. The van der Waals surface area contributed by atoms with Gasteiger partial charge in [0.05, 0.1) is 5.39 Å². The number of H-pyrrole nitrogens is 1. The highest BCUT2D eigenvalue weighted by Crippen LogP contribution is 2.06. The van der Waals surface area contributed by atoms with E-state index in [0.29, 0.717) is 0 Å². The predicted molar refractivity (Wildman–Crippen MR) is 38.3 cm³/mol. The van der Waals surface area contributed by atoms with E-state index in [1.54, 1.807) is 6.20 Å². The van der Waals surface area contributed by atoms with E-state index in [1.807, 2.05) is 30.7 Å². The summed E-state index contributed by atoms with van der Waals surface area (Å²) in [7, 11) is 0. The first-order valence-corrected chi connectivity index (χ1v) is 3.17. The fourth-order valence-corrected chi connectivity index (χ4v) is 0.966. The van der Waals surface area contributed by atoms with Crippen molar-refractivity contribution in [2.45, 2.75) is 0 Å². The van der Waals surface area contributed by atoms with E-state index in [9.17, 15) is 0 Å². The Hall–Kier alpha value is -1.44. The van der Waals surface area contributed by atoms with Gasteiger partial charge in [-0.05, 0) is 11.5 Å². The van der Waals surface area contributed by atoms with Gasteiger partial charge in [0.25, 0.3) is 0 Å². The molecule has 0 unspecified atom stereocenters. The van der Waals surface area contributed by atoms with Gasteiger partial charge in [0.2, 0.25) is 0 Å². The fraction of sp³-hybridized carbons (Fsp3) is 0. The zero-order chi connectivity index (χ0) is 6.81. The molecule has 10 heavy (non-hydrogen) atoms. The smallest absolute Gasteiger partial charge is 0.176 e. The van der Waals surface area contributed by atoms with Gasteiger partial charge in [-0.15, -0.1) is 0 Å². The van der Waals surface area contributed by atoms with Crippen molar-refractivity contribution in [1.82, 2.24) is 4.98 Å². The van der Waals surface area contributed by atoms with Gasteiger partial charge < -0.3 is 0 Å². The minimum Gasteiger partial charge on any atom is -0.264 e. The van der Waals surface area contributed by atoms with Crippen molar-refractivity contribution in [3.63, 3.8) is 0 Å². The molecule has 0 fully saturated rings. The standard InChI is InChI=1S/C8H6N2/c1-3-9-5-8-6-10-4-2-7(1)8/h1-6H/p+1. The van der Waals surface area contributed by atoms with Crippen LogP contribution in [0.2, 0.25) is 0 Å². The van der Waals surface area contributed by atoms with E-state index in [2.05, 4.69) is 9.97 Å². The van der Waals surface area contributed by atoms with E-state index in [1.165, 1.54) is 5.39 Å². The molecule has 0 radical (unpaired) electrons. The van der Waals surface area contributed by atoms with Crippen LogP contribution in [0.3, 0.4) is 0 Å². The molecule has 0 aromatic carbocycles. The number of aromatic nitrogens is 2. The number of nitrogens with one attached hydrogen (secondary N) is 1. The number of rotatable bonds is 0. The number of hydrogen-bond donors (Lipinski definition) is 0. The Morgan fingerprint density at radius 3 is 3.10 bits per heavy atom. The molecule has 0 aliphatic rings. The molecule has 0 amide bonds. The molecule has 48 valence electrons. The van der Waals surface area contributed by atoms with E-state index in [4.69, 9.17) is 0 Å². The number of pyridine rings is 2. The van der Waals surface area contributed by atoms with Crippen LogP contribution in [0.4, 0.5) is 0 Å². The third-order valence-corrected chi connectivity index (χ3v) is 1.49. The molecule has 2 heterocycles. The second kappa shape index (κ2) is 2.06. The van der Waals surface area contributed by atoms with Crippen molar-refractivity contribution in [2.75, 3.05) is 0 Å². The quantitative estimate of drug-likeness (QED) is 0.525. The Kier molecular flexibility index (Phi) is 1.10. The molecule has 0 saturated carbocycles. The molecule has 1 N–H and O–H groups in total. The predicted octanol–water partition coefficient (Wildman–Crippen LogP) is 1.05. The number of nitrogens with zero attached hydrogens (tertiary/aromatic N) is 1. The van der Waals surface area contributed by atoms with Crippen molar-refractivity contribution in [2.24, 2.45) is 0 Å². The molecule has 2 heteroatoms. The van der Waals surface area contributed by atoms with Crippen LogP contribution in [0, 0.1) is 0 Å².